The largest absolute Gasteiger partial charge is 0.325 e. The Kier molecular flexibility index (Phi) is 6.69. The Hall–Kier alpha value is -2.30. The smallest absolute Gasteiger partial charge is 0.241 e. The van der Waals surface area contributed by atoms with Crippen LogP contribution in [0.1, 0.15) is 12.0 Å². The molecule has 3 N–H and O–H groups in total. The number of allylic oxidation sites excluding steroid dienone is 4. The fraction of sp³-hybridized carbons (Fsp3) is 0.227. The number of rotatable bonds is 7. The van der Waals surface area contributed by atoms with Crippen LogP contribution < -0.4 is 11.1 Å². The first-order valence-electron chi connectivity index (χ1n) is 8.87. The maximum absolute atomic E-state index is 12.3. The summed E-state index contributed by atoms with van der Waals surface area (Å²) in [6, 6.07) is 17.2. The van der Waals surface area contributed by atoms with Crippen LogP contribution in [-0.2, 0) is 11.2 Å². The predicted octanol–water partition coefficient (Wildman–Crippen LogP) is 4.42. The van der Waals surface area contributed by atoms with Gasteiger partial charge in [0.2, 0.25) is 5.91 Å². The Morgan fingerprint density at radius 2 is 1.88 bits per heavy atom. The van der Waals surface area contributed by atoms with Gasteiger partial charge in [0.25, 0.3) is 0 Å². The highest BCUT2D eigenvalue weighted by Crippen LogP contribution is 2.25. The summed E-state index contributed by atoms with van der Waals surface area (Å²) in [4.78, 5) is 13.5. The van der Waals surface area contributed by atoms with Gasteiger partial charge >= 0.3 is 0 Å². The minimum Gasteiger partial charge on any atom is -0.325 e. The Bertz CT molecular complexity index is 768. The van der Waals surface area contributed by atoms with Gasteiger partial charge in [-0.15, -0.1) is 11.8 Å². The molecule has 1 unspecified atom stereocenters. The molecule has 0 saturated carbocycles. The molecule has 134 valence electrons. The lowest BCUT2D eigenvalue weighted by molar-refractivity contribution is -0.117. The number of thioether (sulfide) groups is 1. The molecule has 2 aromatic rings. The van der Waals surface area contributed by atoms with E-state index in [1.807, 2.05) is 66.4 Å². The second-order valence-corrected chi connectivity index (χ2v) is 7.52. The van der Waals surface area contributed by atoms with E-state index in [2.05, 4.69) is 29.6 Å². The van der Waals surface area contributed by atoms with Crippen molar-refractivity contribution in [1.82, 2.24) is 0 Å². The zero-order valence-corrected chi connectivity index (χ0v) is 15.5. The van der Waals surface area contributed by atoms with Crippen molar-refractivity contribution in [2.24, 2.45) is 11.7 Å². The Labute approximate surface area is 159 Å². The van der Waals surface area contributed by atoms with Gasteiger partial charge in [0.05, 0.1) is 6.04 Å². The molecule has 0 saturated heterocycles. The molecule has 0 spiro atoms. The van der Waals surface area contributed by atoms with Crippen molar-refractivity contribution in [1.29, 1.82) is 0 Å². The summed E-state index contributed by atoms with van der Waals surface area (Å²) in [5, 5.41) is 2.90. The molecule has 0 radical (unpaired) electrons. The zero-order chi connectivity index (χ0) is 18.2. The number of carbonyl (C=O) groups excluding carboxylic acids is 1. The van der Waals surface area contributed by atoms with Gasteiger partial charge in [-0.1, -0.05) is 54.6 Å². The van der Waals surface area contributed by atoms with Crippen molar-refractivity contribution in [2.45, 2.75) is 23.8 Å². The van der Waals surface area contributed by atoms with Gasteiger partial charge < -0.3 is 11.1 Å². The zero-order valence-electron chi connectivity index (χ0n) is 14.7. The van der Waals surface area contributed by atoms with Gasteiger partial charge in [0.1, 0.15) is 0 Å². The summed E-state index contributed by atoms with van der Waals surface area (Å²) in [5.41, 5.74) is 7.87. The fourth-order valence-electron chi connectivity index (χ4n) is 2.79. The van der Waals surface area contributed by atoms with Gasteiger partial charge in [-0.2, -0.15) is 0 Å². The average Bonchev–Trinajstić information content (AvgIpc) is 2.69. The number of benzene rings is 2. The molecule has 2 atom stereocenters. The SMILES string of the molecule is N[C@@H](Cc1ccccc1)C(=O)Nc1ccc(SCC2C=CC=CC2)cc1. The van der Waals surface area contributed by atoms with Crippen LogP contribution in [0.15, 0.2) is 83.8 Å². The van der Waals surface area contributed by atoms with Crippen LogP contribution in [0.4, 0.5) is 5.69 Å². The second kappa shape index (κ2) is 9.41. The lowest BCUT2D eigenvalue weighted by Gasteiger charge is -2.14. The molecule has 0 aromatic heterocycles. The average molecular weight is 365 g/mol. The van der Waals surface area contributed by atoms with Crippen LogP contribution in [0, 0.1) is 5.92 Å². The highest BCUT2D eigenvalue weighted by atomic mass is 32.2. The summed E-state index contributed by atoms with van der Waals surface area (Å²) in [5.74, 6) is 1.50. The number of nitrogens with one attached hydrogen (secondary N) is 1. The van der Waals surface area contributed by atoms with E-state index < -0.39 is 6.04 Å². The third-order valence-corrected chi connectivity index (χ3v) is 5.49. The van der Waals surface area contributed by atoms with Crippen molar-refractivity contribution in [3.8, 4) is 0 Å². The van der Waals surface area contributed by atoms with Crippen LogP contribution in [0.3, 0.4) is 0 Å². The molecule has 1 amide bonds. The van der Waals surface area contributed by atoms with E-state index in [4.69, 9.17) is 5.73 Å². The molecule has 0 aliphatic heterocycles. The Balaban J connectivity index is 1.47. The first-order valence-corrected chi connectivity index (χ1v) is 9.86. The Morgan fingerprint density at radius 3 is 2.58 bits per heavy atom. The fourth-order valence-corrected chi connectivity index (χ4v) is 3.77. The maximum atomic E-state index is 12.3. The molecule has 1 aliphatic carbocycles. The van der Waals surface area contributed by atoms with Gasteiger partial charge in [0, 0.05) is 16.3 Å². The molecule has 0 fully saturated rings. The van der Waals surface area contributed by atoms with Crippen molar-refractivity contribution in [2.75, 3.05) is 11.1 Å². The summed E-state index contributed by atoms with van der Waals surface area (Å²) >= 11 is 1.84. The predicted molar refractivity (Wildman–Crippen MR) is 110 cm³/mol. The summed E-state index contributed by atoms with van der Waals surface area (Å²) in [6.45, 7) is 0. The molecule has 1 aliphatic rings. The first kappa shape index (κ1) is 18.5. The summed E-state index contributed by atoms with van der Waals surface area (Å²) in [7, 11) is 0. The molecule has 2 aromatic carbocycles. The summed E-state index contributed by atoms with van der Waals surface area (Å²) in [6.07, 6.45) is 10.3. The number of anilines is 1. The third kappa shape index (κ3) is 5.61. The maximum Gasteiger partial charge on any atom is 0.241 e. The van der Waals surface area contributed by atoms with Crippen molar-refractivity contribution in [3.63, 3.8) is 0 Å². The number of hydrogen-bond acceptors (Lipinski definition) is 3. The highest BCUT2D eigenvalue weighted by Gasteiger charge is 2.14. The van der Waals surface area contributed by atoms with Crippen molar-refractivity contribution >= 4 is 23.4 Å². The van der Waals surface area contributed by atoms with E-state index in [1.165, 1.54) is 4.90 Å². The van der Waals surface area contributed by atoms with E-state index in [1.54, 1.807) is 0 Å². The summed E-state index contributed by atoms with van der Waals surface area (Å²) < 4.78 is 0. The molecule has 26 heavy (non-hydrogen) atoms. The van der Waals surface area contributed by atoms with E-state index >= 15 is 0 Å². The third-order valence-electron chi connectivity index (χ3n) is 4.29. The van der Waals surface area contributed by atoms with Crippen LogP contribution in [0.5, 0.6) is 0 Å². The number of carbonyl (C=O) groups is 1. The molecule has 3 rings (SSSR count). The molecule has 4 heteroatoms. The lowest BCUT2D eigenvalue weighted by Crippen LogP contribution is -2.37. The van der Waals surface area contributed by atoms with Crippen molar-refractivity contribution < 1.29 is 4.79 Å². The minimum absolute atomic E-state index is 0.159. The quantitative estimate of drug-likeness (QED) is 0.715. The van der Waals surface area contributed by atoms with Crippen LogP contribution in [0.2, 0.25) is 0 Å². The first-order chi connectivity index (χ1) is 12.7. The molecule has 0 heterocycles. The molecular formula is C22H24N2OS. The van der Waals surface area contributed by atoms with E-state index in [0.29, 0.717) is 12.3 Å². The molecule has 3 nitrogen and oxygen atoms in total. The topological polar surface area (TPSA) is 55.1 Å². The molecule has 0 bridgehead atoms. The van der Waals surface area contributed by atoms with Crippen LogP contribution in [0.25, 0.3) is 0 Å². The second-order valence-electron chi connectivity index (χ2n) is 6.43. The highest BCUT2D eigenvalue weighted by molar-refractivity contribution is 7.99. The number of amides is 1. The van der Waals surface area contributed by atoms with Crippen LogP contribution >= 0.6 is 11.8 Å². The number of hydrogen-bond donors (Lipinski definition) is 2. The van der Waals surface area contributed by atoms with E-state index in [9.17, 15) is 4.79 Å². The van der Waals surface area contributed by atoms with Gasteiger partial charge in [0.15, 0.2) is 0 Å². The van der Waals surface area contributed by atoms with E-state index in [-0.39, 0.29) is 5.91 Å². The monoisotopic (exact) mass is 364 g/mol. The molecular weight excluding hydrogens is 340 g/mol. The standard InChI is InChI=1S/C22H24N2OS/c23-21(15-17-7-3-1-4-8-17)22(25)24-19-11-13-20(14-12-19)26-16-18-9-5-2-6-10-18/h1-9,11-14,18,21H,10,15-16,23H2,(H,24,25)/t18?,21-/m0/s1. The Morgan fingerprint density at radius 1 is 1.12 bits per heavy atom. The van der Waals surface area contributed by atoms with E-state index in [0.717, 1.165) is 23.4 Å². The van der Waals surface area contributed by atoms with Crippen molar-refractivity contribution in [3.05, 3.63) is 84.5 Å². The van der Waals surface area contributed by atoms with Gasteiger partial charge in [-0.3, -0.25) is 4.79 Å². The normalized spacial score (nSPS) is 17.0. The lowest BCUT2D eigenvalue weighted by atomic mass is 10.0. The van der Waals surface area contributed by atoms with Crippen LogP contribution in [-0.4, -0.2) is 17.7 Å². The van der Waals surface area contributed by atoms with Gasteiger partial charge in [-0.05, 0) is 48.6 Å². The minimum atomic E-state index is -0.558. The van der Waals surface area contributed by atoms with Gasteiger partial charge in [-0.25, -0.2) is 0 Å². The number of nitrogens with two attached hydrogens (primary N) is 1.